The van der Waals surface area contributed by atoms with E-state index in [2.05, 4.69) is 0 Å². The maximum Gasteiger partial charge on any atom is 0.187 e. The van der Waals surface area contributed by atoms with E-state index in [0.29, 0.717) is 0 Å². The third-order valence-corrected chi connectivity index (χ3v) is 0. The summed E-state index contributed by atoms with van der Waals surface area (Å²) in [6, 6.07) is 0. The van der Waals surface area contributed by atoms with Gasteiger partial charge >= 0.3 is 0 Å². The van der Waals surface area contributed by atoms with Gasteiger partial charge in [-0.05, 0) is 0 Å². The minimum absolute atomic E-state index is 0. The Balaban J connectivity index is 0. The molecule has 0 aliphatic carbocycles. The van der Waals surface area contributed by atoms with Crippen molar-refractivity contribution in [2.45, 2.75) is 0 Å². The van der Waals surface area contributed by atoms with Crippen LogP contribution in [0.2, 0.25) is 0 Å². The van der Waals surface area contributed by atoms with Crippen LogP contribution in [0.15, 0.2) is 0 Å². The summed E-state index contributed by atoms with van der Waals surface area (Å²) >= 11 is 0. The molecule has 0 nitrogen and oxygen atoms in total. The van der Waals surface area contributed by atoms with Crippen molar-refractivity contribution in [1.29, 1.82) is 0 Å². The summed E-state index contributed by atoms with van der Waals surface area (Å²) in [6.45, 7) is 0. The zero-order valence-corrected chi connectivity index (χ0v) is 8.58. The van der Waals surface area contributed by atoms with Gasteiger partial charge in [0.15, 0.2) is 17.4 Å². The molecule has 0 aliphatic rings. The predicted molar refractivity (Wildman–Crippen MR) is 9.94 cm³/mol. The number of hydrogen-bond donors (Lipinski definition) is 0. The molecule has 0 aliphatic heterocycles. The standard InChI is InChI=1S/Al.Fe.Mo.Nb.Ti.3H. The van der Waals surface area contributed by atoms with E-state index in [9.17, 15) is 0 Å². The summed E-state index contributed by atoms with van der Waals surface area (Å²) in [6.07, 6.45) is 0. The molecular formula is H3AlFeMoNbTi. The van der Waals surface area contributed by atoms with Crippen LogP contribution in [0.25, 0.3) is 0 Å². The second kappa shape index (κ2) is 27.1. The molecule has 29 valence electrons. The van der Waals surface area contributed by atoms with Crippen molar-refractivity contribution in [3.05, 3.63) is 0 Å². The Morgan fingerprint density at radius 3 is 1.00 bits per heavy atom. The van der Waals surface area contributed by atoms with Gasteiger partial charge in [-0.2, -0.15) is 0 Å². The third-order valence-electron chi connectivity index (χ3n) is 0. The average molecular weight is 323 g/mol. The second-order valence-electron chi connectivity index (χ2n) is 0. The van der Waals surface area contributed by atoms with Gasteiger partial charge in [0.05, 0.1) is 0 Å². The maximum absolute atomic E-state index is 0. The van der Waals surface area contributed by atoms with Gasteiger partial charge in [0.25, 0.3) is 0 Å². The molecule has 1 radical (unpaired) electrons. The van der Waals surface area contributed by atoms with Gasteiger partial charge < -0.3 is 0 Å². The molecule has 0 rings (SSSR count). The van der Waals surface area contributed by atoms with Crippen LogP contribution >= 0.6 is 0 Å². The summed E-state index contributed by atoms with van der Waals surface area (Å²) in [5, 5.41) is 0. The SMILES string of the molecule is [AlH3].[Fe].[Mo].[Nb].[Ti]. The van der Waals surface area contributed by atoms with E-state index >= 15 is 0 Å². The van der Waals surface area contributed by atoms with Gasteiger partial charge in [0.1, 0.15) is 0 Å². The van der Waals surface area contributed by atoms with E-state index in [4.69, 9.17) is 0 Å². The van der Waals surface area contributed by atoms with Gasteiger partial charge in [0, 0.05) is 82.2 Å². The van der Waals surface area contributed by atoms with E-state index in [1.807, 2.05) is 0 Å². The Kier molecular flexibility index (Phi) is 225. The molecule has 5 heavy (non-hydrogen) atoms. The smallest absolute Gasteiger partial charge is 0 e. The Morgan fingerprint density at radius 1 is 1.00 bits per heavy atom. The van der Waals surface area contributed by atoms with Crippen molar-refractivity contribution in [3.63, 3.8) is 0 Å². The van der Waals surface area contributed by atoms with Crippen molar-refractivity contribution in [3.8, 4) is 0 Å². The topological polar surface area (TPSA) is 0 Å². The van der Waals surface area contributed by atoms with Crippen LogP contribution in [-0.4, -0.2) is 17.4 Å². The van der Waals surface area contributed by atoms with Gasteiger partial charge in [-0.15, -0.1) is 0 Å². The summed E-state index contributed by atoms with van der Waals surface area (Å²) < 4.78 is 0. The Bertz CT molecular complexity index is 11.6. The fourth-order valence-corrected chi connectivity index (χ4v) is 0. The molecule has 0 N–H and O–H groups in total. The van der Waals surface area contributed by atoms with Crippen LogP contribution in [0.5, 0.6) is 0 Å². The number of hydrogen-bond acceptors (Lipinski definition) is 0. The van der Waals surface area contributed by atoms with E-state index in [1.165, 1.54) is 0 Å². The van der Waals surface area contributed by atoms with Gasteiger partial charge in [0.2, 0.25) is 0 Å². The molecule has 0 heterocycles. The Labute approximate surface area is 97.9 Å². The Morgan fingerprint density at radius 2 is 1.00 bits per heavy atom. The summed E-state index contributed by atoms with van der Waals surface area (Å²) in [7, 11) is 0. The average Bonchev–Trinajstić information content (AvgIpc) is 0. The van der Waals surface area contributed by atoms with Crippen molar-refractivity contribution >= 4 is 17.4 Å². The summed E-state index contributed by atoms with van der Waals surface area (Å²) in [5.74, 6) is 0. The largest absolute Gasteiger partial charge is 0.187 e. The van der Waals surface area contributed by atoms with Crippen LogP contribution in [0, 0.1) is 0 Å². The molecule has 0 fully saturated rings. The second-order valence-corrected chi connectivity index (χ2v) is 0. The Hall–Kier alpha value is 3.19. The first-order chi connectivity index (χ1) is 0. The zero-order chi connectivity index (χ0) is 0. The van der Waals surface area contributed by atoms with Crippen molar-refractivity contribution in [2.75, 3.05) is 0 Å². The molecule has 0 atom stereocenters. The third kappa shape index (κ3) is 19.0. The van der Waals surface area contributed by atoms with Crippen molar-refractivity contribution in [2.24, 2.45) is 0 Å². The summed E-state index contributed by atoms with van der Waals surface area (Å²) in [4.78, 5) is 0. The molecule has 0 aromatic heterocycles. The van der Waals surface area contributed by atoms with E-state index < -0.39 is 0 Å². The molecule has 0 amide bonds. The van der Waals surface area contributed by atoms with Crippen molar-refractivity contribution < 1.29 is 82.2 Å². The molecule has 0 spiro atoms. The predicted octanol–water partition coefficient (Wildman–Crippen LogP) is -1.19. The minimum Gasteiger partial charge on any atom is 0 e. The minimum atomic E-state index is 0. The molecular weight excluding hydrogens is 320 g/mol. The van der Waals surface area contributed by atoms with Crippen LogP contribution < -0.4 is 0 Å². The first-order valence-electron chi connectivity index (χ1n) is 0. The van der Waals surface area contributed by atoms with E-state index in [1.54, 1.807) is 0 Å². The fraction of sp³-hybridized carbons (Fsp3) is 0. The molecule has 0 aromatic carbocycles. The first-order valence-corrected chi connectivity index (χ1v) is 0. The van der Waals surface area contributed by atoms with Crippen LogP contribution in [-0.2, 0) is 82.2 Å². The quantitative estimate of drug-likeness (QED) is 0.492. The fourth-order valence-electron chi connectivity index (χ4n) is 0. The van der Waals surface area contributed by atoms with Crippen LogP contribution in [0.4, 0.5) is 0 Å². The molecule has 0 saturated heterocycles. The molecule has 0 unspecified atom stereocenters. The maximum atomic E-state index is 0. The van der Waals surface area contributed by atoms with Gasteiger partial charge in [-0.1, -0.05) is 0 Å². The molecule has 5 heteroatoms. The van der Waals surface area contributed by atoms with Gasteiger partial charge in [-0.25, -0.2) is 0 Å². The molecule has 0 aromatic rings. The van der Waals surface area contributed by atoms with E-state index in [-0.39, 0.29) is 99.6 Å². The molecule has 0 bridgehead atoms. The zero-order valence-electron chi connectivity index (χ0n) is 1.71. The van der Waals surface area contributed by atoms with Crippen LogP contribution in [0.3, 0.4) is 0 Å². The number of rotatable bonds is 0. The van der Waals surface area contributed by atoms with Crippen LogP contribution in [0.1, 0.15) is 0 Å². The van der Waals surface area contributed by atoms with Crippen molar-refractivity contribution in [1.82, 2.24) is 0 Å². The summed E-state index contributed by atoms with van der Waals surface area (Å²) in [5.41, 5.74) is 0. The first kappa shape index (κ1) is 41.6. The molecule has 0 saturated carbocycles. The van der Waals surface area contributed by atoms with Gasteiger partial charge in [-0.3, -0.25) is 0 Å². The normalized spacial score (nSPS) is 0. The monoisotopic (exact) mass is 325 g/mol. The van der Waals surface area contributed by atoms with E-state index in [0.717, 1.165) is 0 Å².